The zero-order valence-electron chi connectivity index (χ0n) is 12.4. The molecule has 116 valence electrons. The molecule has 1 fully saturated rings. The summed E-state index contributed by atoms with van der Waals surface area (Å²) in [5.74, 6) is -0.924. The molecule has 0 radical (unpaired) electrons. The van der Waals surface area contributed by atoms with Gasteiger partial charge in [0, 0.05) is 29.3 Å². The van der Waals surface area contributed by atoms with Gasteiger partial charge in [0.25, 0.3) is 0 Å². The third-order valence-electron chi connectivity index (χ3n) is 4.11. The zero-order chi connectivity index (χ0) is 15.7. The van der Waals surface area contributed by atoms with Gasteiger partial charge in [-0.15, -0.1) is 0 Å². The Balaban J connectivity index is 1.73. The number of aliphatic carboxylic acids is 1. The first-order valence-electron chi connectivity index (χ1n) is 7.29. The van der Waals surface area contributed by atoms with Crippen LogP contribution in [0.5, 0.6) is 0 Å². The van der Waals surface area contributed by atoms with Gasteiger partial charge < -0.3 is 5.11 Å². The Hall–Kier alpha value is -1.66. The largest absolute Gasteiger partial charge is 0.481 e. The molecule has 6 heteroatoms. The van der Waals surface area contributed by atoms with E-state index < -0.39 is 5.97 Å². The van der Waals surface area contributed by atoms with Gasteiger partial charge in [-0.2, -0.15) is 5.10 Å². The number of hydrogen-bond donors (Lipinski definition) is 1. The van der Waals surface area contributed by atoms with Crippen molar-refractivity contribution in [2.24, 2.45) is 5.92 Å². The van der Waals surface area contributed by atoms with Gasteiger partial charge >= 0.3 is 5.97 Å². The Bertz CT molecular complexity index is 681. The predicted octanol–water partition coefficient (Wildman–Crippen LogP) is 2.85. The molecule has 1 unspecified atom stereocenters. The van der Waals surface area contributed by atoms with Crippen LogP contribution in [0.4, 0.5) is 0 Å². The number of aryl methyl sites for hydroxylation is 1. The van der Waals surface area contributed by atoms with Crippen LogP contribution in [-0.4, -0.2) is 38.8 Å². The lowest BCUT2D eigenvalue weighted by Gasteiger charge is -2.14. The third-order valence-corrected chi connectivity index (χ3v) is 4.64. The van der Waals surface area contributed by atoms with Crippen LogP contribution < -0.4 is 0 Å². The van der Waals surface area contributed by atoms with E-state index in [1.54, 1.807) is 0 Å². The van der Waals surface area contributed by atoms with E-state index in [1.165, 1.54) is 0 Å². The molecule has 3 rings (SSSR count). The minimum atomic E-state index is -0.690. The van der Waals surface area contributed by atoms with Crippen LogP contribution in [-0.2, 0) is 11.3 Å². The highest BCUT2D eigenvalue weighted by molar-refractivity contribution is 9.10. The maximum atomic E-state index is 11.0. The van der Waals surface area contributed by atoms with Crippen molar-refractivity contribution in [3.63, 3.8) is 0 Å². The Morgan fingerprint density at radius 1 is 1.41 bits per heavy atom. The van der Waals surface area contributed by atoms with Gasteiger partial charge in [0.1, 0.15) is 0 Å². The van der Waals surface area contributed by atoms with Gasteiger partial charge in [-0.1, -0.05) is 15.9 Å². The van der Waals surface area contributed by atoms with Crippen molar-refractivity contribution in [3.05, 3.63) is 46.2 Å². The molecule has 1 N–H and O–H groups in total. The van der Waals surface area contributed by atoms with E-state index in [2.05, 4.69) is 25.9 Å². The summed E-state index contributed by atoms with van der Waals surface area (Å²) < 4.78 is 2.92. The highest BCUT2D eigenvalue weighted by Crippen LogP contribution is 2.21. The number of halogens is 1. The first-order valence-corrected chi connectivity index (χ1v) is 8.08. The standard InChI is InChI=1S/C16H18BrN3O2/c1-11-13(9-19-7-6-12(8-19)16(21)22)10-20(18-11)15-4-2-14(17)3-5-15/h2-5,10,12H,6-9H2,1H3,(H,21,22). The molecule has 1 aromatic carbocycles. The molecule has 0 saturated carbocycles. The van der Waals surface area contributed by atoms with Gasteiger partial charge in [-0.3, -0.25) is 9.69 Å². The van der Waals surface area contributed by atoms with Crippen LogP contribution in [0.2, 0.25) is 0 Å². The number of aromatic nitrogens is 2. The molecular formula is C16H18BrN3O2. The highest BCUT2D eigenvalue weighted by Gasteiger charge is 2.28. The molecule has 0 bridgehead atoms. The Kier molecular flexibility index (Phi) is 4.31. The SMILES string of the molecule is Cc1nn(-c2ccc(Br)cc2)cc1CN1CCC(C(=O)O)C1. The first kappa shape index (κ1) is 15.2. The maximum absolute atomic E-state index is 11.0. The fraction of sp³-hybridized carbons (Fsp3) is 0.375. The summed E-state index contributed by atoms with van der Waals surface area (Å²) in [4.78, 5) is 13.2. The Labute approximate surface area is 137 Å². The number of likely N-dealkylation sites (tertiary alicyclic amines) is 1. The third kappa shape index (κ3) is 3.23. The molecule has 1 aliphatic rings. The molecule has 1 aromatic heterocycles. The quantitative estimate of drug-likeness (QED) is 0.907. The molecule has 1 aliphatic heterocycles. The van der Waals surface area contributed by atoms with E-state index in [4.69, 9.17) is 5.11 Å². The first-order chi connectivity index (χ1) is 10.5. The predicted molar refractivity (Wildman–Crippen MR) is 87.0 cm³/mol. The molecule has 1 saturated heterocycles. The molecule has 2 heterocycles. The van der Waals surface area contributed by atoms with Crippen LogP contribution in [0, 0.1) is 12.8 Å². The normalized spacial score (nSPS) is 18.7. The monoisotopic (exact) mass is 363 g/mol. The van der Waals surface area contributed by atoms with Gasteiger partial charge in [-0.25, -0.2) is 4.68 Å². The van der Waals surface area contributed by atoms with E-state index in [9.17, 15) is 4.79 Å². The van der Waals surface area contributed by atoms with Crippen molar-refractivity contribution in [1.29, 1.82) is 0 Å². The van der Waals surface area contributed by atoms with E-state index in [0.717, 1.165) is 40.9 Å². The van der Waals surface area contributed by atoms with Crippen molar-refractivity contribution in [2.75, 3.05) is 13.1 Å². The minimum absolute atomic E-state index is 0.234. The van der Waals surface area contributed by atoms with E-state index in [-0.39, 0.29) is 5.92 Å². The number of rotatable bonds is 4. The summed E-state index contributed by atoms with van der Waals surface area (Å²) in [6, 6.07) is 8.00. The second kappa shape index (κ2) is 6.22. The Morgan fingerprint density at radius 2 is 2.14 bits per heavy atom. The molecule has 0 aliphatic carbocycles. The lowest BCUT2D eigenvalue weighted by atomic mass is 10.1. The van der Waals surface area contributed by atoms with Crippen LogP contribution in [0.25, 0.3) is 5.69 Å². The van der Waals surface area contributed by atoms with Crippen LogP contribution in [0.3, 0.4) is 0 Å². The van der Waals surface area contributed by atoms with Crippen LogP contribution in [0.1, 0.15) is 17.7 Å². The summed E-state index contributed by atoms with van der Waals surface area (Å²) in [7, 11) is 0. The van der Waals surface area contributed by atoms with Crippen molar-refractivity contribution >= 4 is 21.9 Å². The average Bonchev–Trinajstić information content (AvgIpc) is 3.08. The summed E-state index contributed by atoms with van der Waals surface area (Å²) in [6.45, 7) is 4.21. The number of nitrogens with zero attached hydrogens (tertiary/aromatic N) is 3. The Morgan fingerprint density at radius 3 is 2.77 bits per heavy atom. The summed E-state index contributed by atoms with van der Waals surface area (Å²) in [5.41, 5.74) is 3.15. The van der Waals surface area contributed by atoms with Crippen molar-refractivity contribution < 1.29 is 9.90 Å². The fourth-order valence-electron chi connectivity index (χ4n) is 2.80. The number of carbonyl (C=O) groups is 1. The molecule has 1 atom stereocenters. The summed E-state index contributed by atoms with van der Waals surface area (Å²) in [5, 5.41) is 13.6. The van der Waals surface area contributed by atoms with Gasteiger partial charge in [0.05, 0.1) is 17.3 Å². The van der Waals surface area contributed by atoms with Crippen molar-refractivity contribution in [1.82, 2.24) is 14.7 Å². The molecular weight excluding hydrogens is 346 g/mol. The lowest BCUT2D eigenvalue weighted by molar-refractivity contribution is -0.141. The minimum Gasteiger partial charge on any atom is -0.481 e. The fourth-order valence-corrected chi connectivity index (χ4v) is 3.06. The van der Waals surface area contributed by atoms with Gasteiger partial charge in [0.15, 0.2) is 0 Å². The zero-order valence-corrected chi connectivity index (χ0v) is 14.0. The topological polar surface area (TPSA) is 58.4 Å². The highest BCUT2D eigenvalue weighted by atomic mass is 79.9. The molecule has 0 spiro atoms. The lowest BCUT2D eigenvalue weighted by Crippen LogP contribution is -2.22. The number of hydrogen-bond acceptors (Lipinski definition) is 3. The number of carboxylic acids is 1. The van der Waals surface area contributed by atoms with E-state index in [0.29, 0.717) is 6.54 Å². The molecule has 22 heavy (non-hydrogen) atoms. The summed E-state index contributed by atoms with van der Waals surface area (Å²) in [6.07, 6.45) is 2.77. The second-order valence-corrected chi connectivity index (χ2v) is 6.64. The summed E-state index contributed by atoms with van der Waals surface area (Å²) >= 11 is 3.43. The van der Waals surface area contributed by atoms with E-state index >= 15 is 0 Å². The van der Waals surface area contributed by atoms with Crippen LogP contribution in [0.15, 0.2) is 34.9 Å². The molecule has 0 amide bonds. The van der Waals surface area contributed by atoms with Crippen LogP contribution >= 0.6 is 15.9 Å². The number of benzene rings is 1. The molecule has 2 aromatic rings. The van der Waals surface area contributed by atoms with Gasteiger partial charge in [0.2, 0.25) is 0 Å². The molecule has 5 nitrogen and oxygen atoms in total. The average molecular weight is 364 g/mol. The second-order valence-electron chi connectivity index (χ2n) is 5.72. The maximum Gasteiger partial charge on any atom is 0.307 e. The van der Waals surface area contributed by atoms with Crippen molar-refractivity contribution in [3.8, 4) is 5.69 Å². The van der Waals surface area contributed by atoms with E-state index in [1.807, 2.05) is 42.1 Å². The van der Waals surface area contributed by atoms with Gasteiger partial charge in [-0.05, 0) is 44.2 Å². The smallest absolute Gasteiger partial charge is 0.307 e. The van der Waals surface area contributed by atoms with Crippen molar-refractivity contribution in [2.45, 2.75) is 19.9 Å². The number of carboxylic acid groups (broad SMARTS) is 1.